The molecule has 0 bridgehead atoms. The molecule has 3 aromatic heterocycles. The van der Waals surface area contributed by atoms with Gasteiger partial charge in [0.25, 0.3) is 11.1 Å². The zero-order valence-corrected chi connectivity index (χ0v) is 22.8. The molecule has 0 atom stereocenters. The Morgan fingerprint density at radius 3 is 2.42 bits per heavy atom. The molecular formula is C31H25N5O3S. The van der Waals surface area contributed by atoms with Crippen LogP contribution in [0.25, 0.3) is 28.0 Å². The predicted octanol–water partition coefficient (Wildman–Crippen LogP) is 4.21. The van der Waals surface area contributed by atoms with E-state index < -0.39 is 5.56 Å². The maximum Gasteiger partial charge on any atom is 0.296 e. The molecule has 0 unspecified atom stereocenters. The summed E-state index contributed by atoms with van der Waals surface area (Å²) in [6.45, 7) is 4.53. The SMILES string of the molecule is CCOc1ccc(-c2nn(-c3ccccc3)cc2C=c2sc3nc(=O)c(Cc4ccccc4)nn3c2=O)cc1C. The molecule has 0 saturated carbocycles. The number of nitrogens with zero attached hydrogens (tertiary/aromatic N) is 5. The standard InChI is InChI=1S/C31H25N5O3S/c1-3-39-26-15-14-22(16-20(26)2)28-23(19-35(34-28)24-12-8-5-9-13-24)18-27-30(38)36-31(40-27)32-29(37)25(33-36)17-21-10-6-4-7-11-21/h4-16,18-19H,3,17H2,1-2H3. The van der Waals surface area contributed by atoms with Crippen molar-refractivity contribution in [1.82, 2.24) is 24.4 Å². The summed E-state index contributed by atoms with van der Waals surface area (Å²) < 4.78 is 9.14. The van der Waals surface area contributed by atoms with Crippen molar-refractivity contribution in [1.29, 1.82) is 0 Å². The van der Waals surface area contributed by atoms with Gasteiger partial charge in [0.2, 0.25) is 4.96 Å². The molecule has 0 fully saturated rings. The van der Waals surface area contributed by atoms with E-state index in [2.05, 4.69) is 10.1 Å². The first-order valence-corrected chi connectivity index (χ1v) is 13.7. The van der Waals surface area contributed by atoms with Crippen LogP contribution in [0.2, 0.25) is 0 Å². The molecule has 9 heteroatoms. The topological polar surface area (TPSA) is 91.4 Å². The molecule has 40 heavy (non-hydrogen) atoms. The number of aryl methyl sites for hydroxylation is 1. The minimum absolute atomic E-state index is 0.229. The average molecular weight is 548 g/mol. The Morgan fingerprint density at radius 1 is 0.950 bits per heavy atom. The third kappa shape index (κ3) is 4.94. The van der Waals surface area contributed by atoms with Gasteiger partial charge in [0, 0.05) is 23.7 Å². The van der Waals surface area contributed by atoms with E-state index in [-0.39, 0.29) is 16.2 Å². The second-order valence-electron chi connectivity index (χ2n) is 9.26. The molecule has 6 aromatic rings. The molecule has 0 amide bonds. The lowest BCUT2D eigenvalue weighted by atomic mass is 10.0. The number of thiazole rings is 1. The van der Waals surface area contributed by atoms with E-state index in [1.165, 1.54) is 4.52 Å². The predicted molar refractivity (Wildman–Crippen MR) is 156 cm³/mol. The highest BCUT2D eigenvalue weighted by molar-refractivity contribution is 7.15. The van der Waals surface area contributed by atoms with Crippen LogP contribution in [0.5, 0.6) is 5.75 Å². The Morgan fingerprint density at radius 2 is 1.70 bits per heavy atom. The molecule has 0 radical (unpaired) electrons. The summed E-state index contributed by atoms with van der Waals surface area (Å²) in [4.78, 5) is 30.6. The fraction of sp³-hybridized carbons (Fsp3) is 0.129. The van der Waals surface area contributed by atoms with E-state index >= 15 is 0 Å². The van der Waals surface area contributed by atoms with Crippen LogP contribution in [0.1, 0.15) is 29.3 Å². The lowest BCUT2D eigenvalue weighted by Crippen LogP contribution is -2.28. The van der Waals surface area contributed by atoms with Gasteiger partial charge in [0.05, 0.1) is 16.8 Å². The van der Waals surface area contributed by atoms with Crippen molar-refractivity contribution >= 4 is 22.4 Å². The van der Waals surface area contributed by atoms with Gasteiger partial charge < -0.3 is 4.74 Å². The first-order chi connectivity index (χ1) is 19.5. The largest absolute Gasteiger partial charge is 0.494 e. The maximum absolute atomic E-state index is 13.4. The number of aromatic nitrogens is 5. The Kier molecular flexibility index (Phi) is 6.79. The summed E-state index contributed by atoms with van der Waals surface area (Å²) in [7, 11) is 0. The molecular weight excluding hydrogens is 522 g/mol. The summed E-state index contributed by atoms with van der Waals surface area (Å²) in [6, 6.07) is 25.2. The van der Waals surface area contributed by atoms with Gasteiger partial charge in [-0.3, -0.25) is 9.59 Å². The number of ether oxygens (including phenoxy) is 1. The number of hydrogen-bond donors (Lipinski definition) is 0. The molecule has 0 aliphatic rings. The summed E-state index contributed by atoms with van der Waals surface area (Å²) >= 11 is 1.13. The van der Waals surface area contributed by atoms with Crippen LogP contribution >= 0.6 is 11.3 Å². The number of para-hydroxylation sites is 1. The molecule has 0 aliphatic carbocycles. The van der Waals surface area contributed by atoms with Gasteiger partial charge in [-0.05, 0) is 61.4 Å². The smallest absolute Gasteiger partial charge is 0.296 e. The van der Waals surface area contributed by atoms with E-state index in [4.69, 9.17) is 9.84 Å². The molecule has 3 heterocycles. The summed E-state index contributed by atoms with van der Waals surface area (Å²) in [5, 5.41) is 9.27. The molecule has 198 valence electrons. The quantitative estimate of drug-likeness (QED) is 0.297. The summed E-state index contributed by atoms with van der Waals surface area (Å²) in [5.41, 5.74) is 4.64. The Bertz CT molecular complexity index is 2000. The van der Waals surface area contributed by atoms with E-state index in [1.54, 1.807) is 10.8 Å². The number of benzene rings is 3. The highest BCUT2D eigenvalue weighted by Crippen LogP contribution is 2.29. The van der Waals surface area contributed by atoms with Crippen LogP contribution in [0.3, 0.4) is 0 Å². The average Bonchev–Trinajstić information content (AvgIpc) is 3.52. The normalized spacial score (nSPS) is 11.8. The molecule has 0 spiro atoms. The van der Waals surface area contributed by atoms with Gasteiger partial charge in [-0.25, -0.2) is 4.68 Å². The van der Waals surface area contributed by atoms with Crippen LogP contribution in [-0.2, 0) is 6.42 Å². The first kappa shape index (κ1) is 25.4. The van der Waals surface area contributed by atoms with Crippen LogP contribution < -0.4 is 20.4 Å². The van der Waals surface area contributed by atoms with Crippen molar-refractivity contribution in [3.8, 4) is 22.7 Å². The first-order valence-electron chi connectivity index (χ1n) is 12.9. The van der Waals surface area contributed by atoms with Gasteiger partial charge in [-0.2, -0.15) is 19.7 Å². The lowest BCUT2D eigenvalue weighted by Gasteiger charge is -2.08. The van der Waals surface area contributed by atoms with Crippen molar-refractivity contribution in [3.05, 3.63) is 133 Å². The third-order valence-electron chi connectivity index (χ3n) is 6.46. The maximum atomic E-state index is 13.4. The van der Waals surface area contributed by atoms with Crippen molar-refractivity contribution in [2.24, 2.45) is 0 Å². The zero-order valence-electron chi connectivity index (χ0n) is 21.9. The number of fused-ring (bicyclic) bond motifs is 1. The van der Waals surface area contributed by atoms with Crippen LogP contribution in [0, 0.1) is 6.92 Å². The highest BCUT2D eigenvalue weighted by Gasteiger charge is 2.15. The van der Waals surface area contributed by atoms with Crippen LogP contribution in [-0.4, -0.2) is 31.0 Å². The van der Waals surface area contributed by atoms with E-state index in [1.807, 2.05) is 98.9 Å². The summed E-state index contributed by atoms with van der Waals surface area (Å²) in [5.74, 6) is 0.818. The minimum atomic E-state index is -0.431. The van der Waals surface area contributed by atoms with Crippen molar-refractivity contribution < 1.29 is 4.74 Å². The summed E-state index contributed by atoms with van der Waals surface area (Å²) in [6.07, 6.45) is 3.99. The minimum Gasteiger partial charge on any atom is -0.494 e. The second-order valence-corrected chi connectivity index (χ2v) is 10.3. The van der Waals surface area contributed by atoms with Gasteiger partial charge in [0.1, 0.15) is 17.1 Å². The monoisotopic (exact) mass is 547 g/mol. The molecule has 0 saturated heterocycles. The molecule has 8 nitrogen and oxygen atoms in total. The Labute approximate surface area is 233 Å². The van der Waals surface area contributed by atoms with E-state index in [0.29, 0.717) is 23.3 Å². The fourth-order valence-corrected chi connectivity index (χ4v) is 5.42. The van der Waals surface area contributed by atoms with E-state index in [9.17, 15) is 9.59 Å². The van der Waals surface area contributed by atoms with Crippen molar-refractivity contribution in [2.75, 3.05) is 6.61 Å². The second kappa shape index (κ2) is 10.7. The lowest BCUT2D eigenvalue weighted by molar-refractivity contribution is 0.338. The van der Waals surface area contributed by atoms with E-state index in [0.717, 1.165) is 45.0 Å². The fourth-order valence-electron chi connectivity index (χ4n) is 4.53. The Hall–Kier alpha value is -4.89. The molecule has 3 aromatic carbocycles. The van der Waals surface area contributed by atoms with Gasteiger partial charge in [-0.15, -0.1) is 0 Å². The molecule has 0 aliphatic heterocycles. The molecule has 6 rings (SSSR count). The van der Waals surface area contributed by atoms with Crippen LogP contribution in [0.15, 0.2) is 94.6 Å². The van der Waals surface area contributed by atoms with Gasteiger partial charge >= 0.3 is 0 Å². The van der Waals surface area contributed by atoms with Gasteiger partial charge in [0.15, 0.2) is 0 Å². The Balaban J connectivity index is 1.49. The van der Waals surface area contributed by atoms with Crippen LogP contribution in [0.4, 0.5) is 0 Å². The van der Waals surface area contributed by atoms with Crippen molar-refractivity contribution in [2.45, 2.75) is 20.3 Å². The third-order valence-corrected chi connectivity index (χ3v) is 7.42. The van der Waals surface area contributed by atoms with Crippen molar-refractivity contribution in [3.63, 3.8) is 0 Å². The zero-order chi connectivity index (χ0) is 27.6. The number of rotatable bonds is 7. The number of hydrogen-bond acceptors (Lipinski definition) is 7. The molecule has 0 N–H and O–H groups in total. The van der Waals surface area contributed by atoms with Gasteiger partial charge in [-0.1, -0.05) is 59.9 Å². The highest BCUT2D eigenvalue weighted by atomic mass is 32.1.